The van der Waals surface area contributed by atoms with Crippen LogP contribution in [0.2, 0.25) is 0 Å². The Hall–Kier alpha value is -2.54. The third-order valence-corrected chi connectivity index (χ3v) is 4.47. The summed E-state index contributed by atoms with van der Waals surface area (Å²) in [5.74, 6) is 0.432. The first-order valence-corrected chi connectivity index (χ1v) is 9.75. The third-order valence-electron chi connectivity index (χ3n) is 3.73. The van der Waals surface area contributed by atoms with Crippen LogP contribution in [0.25, 0.3) is 0 Å². The van der Waals surface area contributed by atoms with Crippen molar-refractivity contribution in [2.75, 3.05) is 13.7 Å². The van der Waals surface area contributed by atoms with Gasteiger partial charge in [-0.2, -0.15) is 11.3 Å². The van der Waals surface area contributed by atoms with E-state index in [1.54, 1.807) is 29.5 Å². The number of rotatable bonds is 9. The zero-order valence-corrected chi connectivity index (χ0v) is 16.9. The Morgan fingerprint density at radius 2 is 1.89 bits per heavy atom. The number of hydrogen-bond donors (Lipinski definition) is 2. The van der Waals surface area contributed by atoms with Crippen LogP contribution in [0.5, 0.6) is 11.5 Å². The lowest BCUT2D eigenvalue weighted by atomic mass is 10.1. The first kappa shape index (κ1) is 20.8. The highest BCUT2D eigenvalue weighted by molar-refractivity contribution is 7.07. The van der Waals surface area contributed by atoms with E-state index in [1.165, 1.54) is 12.7 Å². The second-order valence-electron chi connectivity index (χ2n) is 6.59. The van der Waals surface area contributed by atoms with Gasteiger partial charge in [0.05, 0.1) is 7.11 Å². The molecular formula is C20H26N2O4S. The monoisotopic (exact) mass is 390 g/mol. The van der Waals surface area contributed by atoms with Gasteiger partial charge in [-0.1, -0.05) is 0 Å². The topological polar surface area (TPSA) is 76.7 Å². The highest BCUT2D eigenvalue weighted by Gasteiger charge is 2.15. The number of amides is 2. The van der Waals surface area contributed by atoms with Crippen molar-refractivity contribution in [2.45, 2.75) is 39.3 Å². The predicted molar refractivity (Wildman–Crippen MR) is 107 cm³/mol. The van der Waals surface area contributed by atoms with E-state index in [0.29, 0.717) is 17.1 Å². The van der Waals surface area contributed by atoms with Gasteiger partial charge in [-0.3, -0.25) is 9.59 Å². The maximum absolute atomic E-state index is 12.5. The Kier molecular flexibility index (Phi) is 7.67. The molecular weight excluding hydrogens is 364 g/mol. The fourth-order valence-corrected chi connectivity index (χ4v) is 3.24. The van der Waals surface area contributed by atoms with E-state index in [4.69, 9.17) is 9.47 Å². The molecule has 0 aliphatic rings. The molecule has 2 N–H and O–H groups in total. The molecule has 1 aromatic heterocycles. The van der Waals surface area contributed by atoms with Crippen LogP contribution < -0.4 is 20.1 Å². The van der Waals surface area contributed by atoms with Crippen molar-refractivity contribution in [1.82, 2.24) is 10.6 Å². The molecule has 0 aliphatic carbocycles. The summed E-state index contributed by atoms with van der Waals surface area (Å²) in [6.07, 6.45) is 0.776. The minimum Gasteiger partial charge on any atom is -0.493 e. The Balaban J connectivity index is 1.97. The minimum absolute atomic E-state index is 0.00810. The molecule has 6 nitrogen and oxygen atoms in total. The SMILES string of the molecule is COc1cc(C(=O)NC(C)Cc2ccsc2)ccc1OCC(=O)NC(C)C. The lowest BCUT2D eigenvalue weighted by Crippen LogP contribution is -2.34. The largest absolute Gasteiger partial charge is 0.493 e. The molecule has 1 aromatic carbocycles. The molecule has 0 radical (unpaired) electrons. The van der Waals surface area contributed by atoms with Gasteiger partial charge in [0.15, 0.2) is 18.1 Å². The predicted octanol–water partition coefficient (Wildman–Crippen LogP) is 3.02. The van der Waals surface area contributed by atoms with E-state index in [-0.39, 0.29) is 30.5 Å². The van der Waals surface area contributed by atoms with Crippen LogP contribution in [-0.4, -0.2) is 37.6 Å². The van der Waals surface area contributed by atoms with Crippen LogP contribution in [0.1, 0.15) is 36.7 Å². The molecule has 0 saturated heterocycles. The van der Waals surface area contributed by atoms with Crippen molar-refractivity contribution in [2.24, 2.45) is 0 Å². The maximum Gasteiger partial charge on any atom is 0.258 e. The van der Waals surface area contributed by atoms with Gasteiger partial charge in [-0.15, -0.1) is 0 Å². The zero-order valence-electron chi connectivity index (χ0n) is 16.1. The van der Waals surface area contributed by atoms with E-state index < -0.39 is 0 Å². The van der Waals surface area contributed by atoms with E-state index in [1.807, 2.05) is 26.2 Å². The molecule has 2 aromatic rings. The molecule has 1 atom stereocenters. The maximum atomic E-state index is 12.5. The number of benzene rings is 1. The van der Waals surface area contributed by atoms with Crippen LogP contribution in [-0.2, 0) is 11.2 Å². The van der Waals surface area contributed by atoms with Gasteiger partial charge in [0, 0.05) is 17.6 Å². The smallest absolute Gasteiger partial charge is 0.258 e. The van der Waals surface area contributed by atoms with Gasteiger partial charge in [0.1, 0.15) is 0 Å². The van der Waals surface area contributed by atoms with Gasteiger partial charge in [0.25, 0.3) is 11.8 Å². The highest BCUT2D eigenvalue weighted by Crippen LogP contribution is 2.28. The molecule has 0 aliphatic heterocycles. The third kappa shape index (κ3) is 6.60. The van der Waals surface area contributed by atoms with Crippen molar-refractivity contribution < 1.29 is 19.1 Å². The van der Waals surface area contributed by atoms with Gasteiger partial charge in [-0.05, 0) is 67.8 Å². The molecule has 146 valence electrons. The summed E-state index contributed by atoms with van der Waals surface area (Å²) >= 11 is 1.64. The van der Waals surface area contributed by atoms with Crippen LogP contribution in [0.3, 0.4) is 0 Å². The number of methoxy groups -OCH3 is 1. The molecule has 27 heavy (non-hydrogen) atoms. The fourth-order valence-electron chi connectivity index (χ4n) is 2.56. The summed E-state index contributed by atoms with van der Waals surface area (Å²) in [6, 6.07) is 7.02. The number of nitrogens with one attached hydrogen (secondary N) is 2. The first-order valence-electron chi connectivity index (χ1n) is 8.81. The molecule has 1 heterocycles. The van der Waals surface area contributed by atoms with Crippen molar-refractivity contribution in [3.63, 3.8) is 0 Å². The normalized spacial score (nSPS) is 11.7. The lowest BCUT2D eigenvalue weighted by molar-refractivity contribution is -0.123. The Labute approximate surface area is 163 Å². The Bertz CT molecular complexity index is 759. The van der Waals surface area contributed by atoms with Crippen molar-refractivity contribution in [3.05, 3.63) is 46.2 Å². The minimum atomic E-state index is -0.212. The summed E-state index contributed by atoms with van der Waals surface area (Å²) in [4.78, 5) is 24.2. The number of carbonyl (C=O) groups is 2. The van der Waals surface area contributed by atoms with Gasteiger partial charge in [0.2, 0.25) is 0 Å². The summed E-state index contributed by atoms with van der Waals surface area (Å²) in [5.41, 5.74) is 1.68. The van der Waals surface area contributed by atoms with E-state index in [2.05, 4.69) is 22.1 Å². The van der Waals surface area contributed by atoms with Gasteiger partial charge >= 0.3 is 0 Å². The molecule has 2 rings (SSSR count). The molecule has 2 amide bonds. The van der Waals surface area contributed by atoms with Crippen LogP contribution in [0.4, 0.5) is 0 Å². The van der Waals surface area contributed by atoms with Crippen LogP contribution >= 0.6 is 11.3 Å². The molecule has 0 bridgehead atoms. The average Bonchev–Trinajstić information content (AvgIpc) is 3.11. The van der Waals surface area contributed by atoms with E-state index in [9.17, 15) is 9.59 Å². The quantitative estimate of drug-likeness (QED) is 0.690. The standard InChI is InChI=1S/C20H26N2O4S/c1-13(2)21-19(23)11-26-17-6-5-16(10-18(17)25-4)20(24)22-14(3)9-15-7-8-27-12-15/h5-8,10,12-14H,9,11H2,1-4H3,(H,21,23)(H,22,24). The highest BCUT2D eigenvalue weighted by atomic mass is 32.1. The van der Waals surface area contributed by atoms with Gasteiger partial charge in [-0.25, -0.2) is 0 Å². The first-order chi connectivity index (χ1) is 12.9. The molecule has 0 saturated carbocycles. The second-order valence-corrected chi connectivity index (χ2v) is 7.37. The van der Waals surface area contributed by atoms with Crippen LogP contribution in [0, 0.1) is 0 Å². The average molecular weight is 391 g/mol. The van der Waals surface area contributed by atoms with Gasteiger partial charge < -0.3 is 20.1 Å². The molecule has 0 fully saturated rings. The number of carbonyl (C=O) groups excluding carboxylic acids is 2. The van der Waals surface area contributed by atoms with Crippen molar-refractivity contribution in [1.29, 1.82) is 0 Å². The zero-order chi connectivity index (χ0) is 19.8. The summed E-state index contributed by atoms with van der Waals surface area (Å²) in [5, 5.41) is 9.83. The van der Waals surface area contributed by atoms with Crippen LogP contribution in [0.15, 0.2) is 35.0 Å². The fraction of sp³-hybridized carbons (Fsp3) is 0.400. The summed E-state index contributed by atoms with van der Waals surface area (Å²) in [7, 11) is 1.50. The molecule has 1 unspecified atom stereocenters. The van der Waals surface area contributed by atoms with E-state index >= 15 is 0 Å². The van der Waals surface area contributed by atoms with Crippen molar-refractivity contribution in [3.8, 4) is 11.5 Å². The van der Waals surface area contributed by atoms with Crippen molar-refractivity contribution >= 4 is 23.2 Å². The van der Waals surface area contributed by atoms with E-state index in [0.717, 1.165) is 6.42 Å². The second kappa shape index (κ2) is 9.97. The Morgan fingerprint density at radius 3 is 2.52 bits per heavy atom. The Morgan fingerprint density at radius 1 is 1.11 bits per heavy atom. The number of hydrogen-bond acceptors (Lipinski definition) is 5. The lowest BCUT2D eigenvalue weighted by Gasteiger charge is -2.15. The molecule has 0 spiro atoms. The number of ether oxygens (including phenoxy) is 2. The number of thiophene rings is 1. The summed E-state index contributed by atoms with van der Waals surface area (Å²) in [6.45, 7) is 5.62. The summed E-state index contributed by atoms with van der Waals surface area (Å²) < 4.78 is 10.8. The molecule has 7 heteroatoms.